The summed E-state index contributed by atoms with van der Waals surface area (Å²) in [6.45, 7) is 0. The van der Waals surface area contributed by atoms with Crippen LogP contribution in [-0.4, -0.2) is 18.2 Å². The molecule has 0 atom stereocenters. The molecule has 0 saturated heterocycles. The van der Waals surface area contributed by atoms with Crippen LogP contribution >= 0.6 is 23.2 Å². The summed E-state index contributed by atoms with van der Waals surface area (Å²) in [7, 11) is -2.30. The van der Waals surface area contributed by atoms with E-state index in [1.54, 1.807) is 24.3 Å². The zero-order valence-corrected chi connectivity index (χ0v) is 12.3. The van der Waals surface area contributed by atoms with E-state index in [0.717, 1.165) is 0 Å². The van der Waals surface area contributed by atoms with Gasteiger partial charge in [0, 0.05) is 12.9 Å². The molecule has 2 rings (SSSR count). The van der Waals surface area contributed by atoms with Crippen molar-refractivity contribution in [2.45, 2.75) is 10.9 Å². The molecule has 102 valence electrons. The minimum absolute atomic E-state index is 0.0679. The van der Waals surface area contributed by atoms with Crippen molar-refractivity contribution >= 4 is 38.9 Å². The molecule has 1 aromatic carbocycles. The first-order valence-electron chi connectivity index (χ1n) is 5.30. The maximum atomic E-state index is 12.3. The fourth-order valence-corrected chi connectivity index (χ4v) is 3.62. The minimum atomic E-state index is -3.80. The Morgan fingerprint density at radius 3 is 2.63 bits per heavy atom. The van der Waals surface area contributed by atoms with Crippen LogP contribution in [0.25, 0.3) is 0 Å². The van der Waals surface area contributed by atoms with E-state index >= 15 is 0 Å². The summed E-state index contributed by atoms with van der Waals surface area (Å²) in [5.74, 6) is 0.206. The van der Waals surface area contributed by atoms with Gasteiger partial charge in [0.25, 0.3) is 10.0 Å². The van der Waals surface area contributed by atoms with E-state index in [2.05, 4.69) is 9.82 Å². The van der Waals surface area contributed by atoms with E-state index in [-0.39, 0.29) is 15.9 Å². The lowest BCUT2D eigenvalue weighted by molar-refractivity contribution is 0.582. The summed E-state index contributed by atoms with van der Waals surface area (Å²) >= 11 is 11.6. The van der Waals surface area contributed by atoms with Crippen LogP contribution in [0.4, 0.5) is 5.69 Å². The van der Waals surface area contributed by atoms with E-state index in [9.17, 15) is 8.42 Å². The molecule has 0 saturated carbocycles. The number of sulfonamides is 1. The van der Waals surface area contributed by atoms with Gasteiger partial charge in [0.1, 0.15) is 0 Å². The van der Waals surface area contributed by atoms with Crippen LogP contribution in [0.5, 0.6) is 0 Å². The molecular formula is C11H11Cl2N3O2S. The maximum Gasteiger partial charge on any atom is 0.280 e. The molecule has 0 aliphatic heterocycles. The van der Waals surface area contributed by atoms with Gasteiger partial charge in [-0.2, -0.15) is 13.5 Å². The molecule has 8 heteroatoms. The van der Waals surface area contributed by atoms with Gasteiger partial charge in [0.05, 0.1) is 16.9 Å². The van der Waals surface area contributed by atoms with Gasteiger partial charge < -0.3 is 0 Å². The average Bonchev–Trinajstić information content (AvgIpc) is 2.70. The number of hydrogen-bond acceptors (Lipinski definition) is 3. The van der Waals surface area contributed by atoms with Gasteiger partial charge in [-0.1, -0.05) is 29.8 Å². The second-order valence-electron chi connectivity index (χ2n) is 3.82. The van der Waals surface area contributed by atoms with Crippen LogP contribution < -0.4 is 4.72 Å². The molecule has 0 unspecified atom stereocenters. The molecule has 0 aliphatic carbocycles. The average molecular weight is 320 g/mol. The third-order valence-electron chi connectivity index (χ3n) is 2.50. The molecule has 0 fully saturated rings. The second kappa shape index (κ2) is 5.40. The maximum absolute atomic E-state index is 12.3. The van der Waals surface area contributed by atoms with E-state index in [0.29, 0.717) is 11.3 Å². The first kappa shape index (κ1) is 14.2. The second-order valence-corrected chi connectivity index (χ2v) is 6.09. The van der Waals surface area contributed by atoms with Gasteiger partial charge in [-0.15, -0.1) is 11.6 Å². The molecule has 0 aliphatic rings. The molecule has 1 aromatic heterocycles. The molecule has 1 heterocycles. The van der Waals surface area contributed by atoms with Crippen LogP contribution in [0.2, 0.25) is 5.02 Å². The van der Waals surface area contributed by atoms with Crippen molar-refractivity contribution in [3.05, 3.63) is 41.0 Å². The Labute approximate surface area is 121 Å². The fourth-order valence-electron chi connectivity index (χ4n) is 1.63. The van der Waals surface area contributed by atoms with Gasteiger partial charge in [0.15, 0.2) is 5.03 Å². The Hall–Kier alpha value is -1.24. The van der Waals surface area contributed by atoms with Gasteiger partial charge in [-0.05, 0) is 11.6 Å². The van der Waals surface area contributed by atoms with Crippen molar-refractivity contribution in [2.24, 2.45) is 7.05 Å². The standard InChI is InChI=1S/C11H11Cl2N3O2S/c1-16-11(9(13)7-14-16)19(17,18)15-10-5-3-2-4-8(10)6-12/h2-5,7,15H,6H2,1H3. The summed E-state index contributed by atoms with van der Waals surface area (Å²) in [6, 6.07) is 6.89. The van der Waals surface area contributed by atoms with Crippen molar-refractivity contribution in [1.29, 1.82) is 0 Å². The van der Waals surface area contributed by atoms with Crippen molar-refractivity contribution in [3.8, 4) is 0 Å². The highest BCUT2D eigenvalue weighted by atomic mass is 35.5. The highest BCUT2D eigenvalue weighted by Crippen LogP contribution is 2.25. The number of aryl methyl sites for hydroxylation is 1. The number of alkyl halides is 1. The summed E-state index contributed by atoms with van der Waals surface area (Å²) in [5, 5.41) is 3.79. The van der Waals surface area contributed by atoms with Crippen molar-refractivity contribution in [1.82, 2.24) is 9.78 Å². The predicted octanol–water partition coefficient (Wildman–Crippen LogP) is 2.61. The topological polar surface area (TPSA) is 64.0 Å². The zero-order valence-electron chi connectivity index (χ0n) is 9.97. The normalized spacial score (nSPS) is 11.5. The van der Waals surface area contributed by atoms with Gasteiger partial charge >= 0.3 is 0 Å². The lowest BCUT2D eigenvalue weighted by atomic mass is 10.2. The van der Waals surface area contributed by atoms with Crippen LogP contribution in [0.3, 0.4) is 0 Å². The third kappa shape index (κ3) is 2.86. The molecule has 0 amide bonds. The number of nitrogens with one attached hydrogen (secondary N) is 1. The number of benzene rings is 1. The molecular weight excluding hydrogens is 309 g/mol. The zero-order chi connectivity index (χ0) is 14.0. The number of nitrogens with zero attached hydrogens (tertiary/aromatic N) is 2. The highest BCUT2D eigenvalue weighted by molar-refractivity contribution is 7.92. The van der Waals surface area contributed by atoms with E-state index in [4.69, 9.17) is 23.2 Å². The van der Waals surface area contributed by atoms with Crippen LogP contribution in [0.15, 0.2) is 35.5 Å². The van der Waals surface area contributed by atoms with Gasteiger partial charge in [0.2, 0.25) is 0 Å². The lowest BCUT2D eigenvalue weighted by Crippen LogP contribution is -2.17. The third-order valence-corrected chi connectivity index (χ3v) is 4.66. The number of rotatable bonds is 4. The summed E-state index contributed by atoms with van der Waals surface area (Å²) in [4.78, 5) is 0. The Bertz CT molecular complexity index is 678. The van der Waals surface area contributed by atoms with Crippen LogP contribution in [0.1, 0.15) is 5.56 Å². The number of hydrogen-bond donors (Lipinski definition) is 1. The molecule has 2 aromatic rings. The first-order valence-corrected chi connectivity index (χ1v) is 7.69. The smallest absolute Gasteiger partial charge is 0.278 e. The Kier molecular flexibility index (Phi) is 4.03. The van der Waals surface area contributed by atoms with E-state index < -0.39 is 10.0 Å². The molecule has 0 bridgehead atoms. The largest absolute Gasteiger partial charge is 0.280 e. The van der Waals surface area contributed by atoms with Crippen LogP contribution in [0, 0.1) is 0 Å². The predicted molar refractivity (Wildman–Crippen MR) is 75.0 cm³/mol. The van der Waals surface area contributed by atoms with Crippen molar-refractivity contribution in [3.63, 3.8) is 0 Å². The fraction of sp³-hybridized carbons (Fsp3) is 0.182. The number of aromatic nitrogens is 2. The Balaban J connectivity index is 2.43. The quantitative estimate of drug-likeness (QED) is 0.881. The van der Waals surface area contributed by atoms with Crippen molar-refractivity contribution in [2.75, 3.05) is 4.72 Å². The molecule has 1 N–H and O–H groups in total. The number of halogens is 2. The monoisotopic (exact) mass is 319 g/mol. The summed E-state index contributed by atoms with van der Waals surface area (Å²) in [5.41, 5.74) is 1.11. The van der Waals surface area contributed by atoms with E-state index in [1.165, 1.54) is 17.9 Å². The minimum Gasteiger partial charge on any atom is -0.278 e. The number of anilines is 1. The van der Waals surface area contributed by atoms with E-state index in [1.807, 2.05) is 0 Å². The van der Waals surface area contributed by atoms with Crippen molar-refractivity contribution < 1.29 is 8.42 Å². The summed E-state index contributed by atoms with van der Waals surface area (Å²) < 4.78 is 28.2. The SMILES string of the molecule is Cn1ncc(Cl)c1S(=O)(=O)Nc1ccccc1CCl. The van der Waals surface area contributed by atoms with Gasteiger partial charge in [-0.3, -0.25) is 9.40 Å². The summed E-state index contributed by atoms with van der Waals surface area (Å²) in [6.07, 6.45) is 1.28. The first-order chi connectivity index (χ1) is 8.95. The molecule has 5 nitrogen and oxygen atoms in total. The Morgan fingerprint density at radius 2 is 2.05 bits per heavy atom. The van der Waals surface area contributed by atoms with Crippen LogP contribution in [-0.2, 0) is 23.0 Å². The highest BCUT2D eigenvalue weighted by Gasteiger charge is 2.23. The lowest BCUT2D eigenvalue weighted by Gasteiger charge is -2.11. The Morgan fingerprint density at radius 1 is 1.37 bits per heavy atom. The van der Waals surface area contributed by atoms with Gasteiger partial charge in [-0.25, -0.2) is 0 Å². The number of para-hydroxylation sites is 1. The molecule has 19 heavy (non-hydrogen) atoms. The molecule has 0 spiro atoms. The molecule has 0 radical (unpaired) electrons.